The molecule has 2 aromatic rings. The minimum absolute atomic E-state index is 0.0158. The van der Waals surface area contributed by atoms with Crippen LogP contribution >= 0.6 is 0 Å². The number of hydrogen-bond donors (Lipinski definition) is 1. The smallest absolute Gasteiger partial charge is 0.246 e. The molecule has 1 aliphatic heterocycles. The quantitative estimate of drug-likeness (QED) is 0.658. The maximum atomic E-state index is 13.2. The third kappa shape index (κ3) is 5.14. The molecule has 1 amide bonds. The van der Waals surface area contributed by atoms with Crippen LogP contribution in [0, 0.1) is 12.8 Å². The number of aryl methyl sites for hydroxylation is 1. The summed E-state index contributed by atoms with van der Waals surface area (Å²) in [5.74, 6) is 0.605. The standard InChI is InChI=1S/C24H30N2O5S/c1-17-3-6-19(7-4-17)24(20-8-9-20)25-23(27)16-18-5-10-21(30-2)22(15-18)32(28,29)26-11-13-31-14-12-26/h3-7,10,15,20,24H,8-9,11-14,16H2,1-2H3,(H,25,27). The van der Waals surface area contributed by atoms with E-state index in [1.807, 2.05) is 6.92 Å². The van der Waals surface area contributed by atoms with Gasteiger partial charge in [0, 0.05) is 13.1 Å². The molecule has 1 N–H and O–H groups in total. The molecule has 1 saturated heterocycles. The van der Waals surface area contributed by atoms with Gasteiger partial charge in [0.15, 0.2) is 0 Å². The van der Waals surface area contributed by atoms with Gasteiger partial charge in [0.25, 0.3) is 0 Å². The van der Waals surface area contributed by atoms with Crippen molar-refractivity contribution in [3.63, 3.8) is 0 Å². The van der Waals surface area contributed by atoms with E-state index in [2.05, 4.69) is 29.6 Å². The topological polar surface area (TPSA) is 84.9 Å². The van der Waals surface area contributed by atoms with Crippen LogP contribution in [-0.4, -0.2) is 52.0 Å². The van der Waals surface area contributed by atoms with Gasteiger partial charge >= 0.3 is 0 Å². The van der Waals surface area contributed by atoms with Crippen LogP contribution in [0.1, 0.15) is 35.6 Å². The number of amides is 1. The Morgan fingerprint density at radius 2 is 1.84 bits per heavy atom. The van der Waals surface area contributed by atoms with E-state index in [0.717, 1.165) is 18.4 Å². The van der Waals surface area contributed by atoms with Crippen LogP contribution in [0.25, 0.3) is 0 Å². The Morgan fingerprint density at radius 3 is 2.47 bits per heavy atom. The highest BCUT2D eigenvalue weighted by Gasteiger charge is 2.34. The number of carbonyl (C=O) groups is 1. The van der Waals surface area contributed by atoms with E-state index >= 15 is 0 Å². The first kappa shape index (κ1) is 22.8. The van der Waals surface area contributed by atoms with E-state index < -0.39 is 10.0 Å². The van der Waals surface area contributed by atoms with E-state index in [4.69, 9.17) is 9.47 Å². The number of hydrogen-bond acceptors (Lipinski definition) is 5. The molecule has 32 heavy (non-hydrogen) atoms. The van der Waals surface area contributed by atoms with Crippen LogP contribution in [0.5, 0.6) is 5.75 Å². The largest absolute Gasteiger partial charge is 0.495 e. The number of rotatable bonds is 8. The first-order valence-corrected chi connectivity index (χ1v) is 12.4. The Kier molecular flexibility index (Phi) is 6.83. The second-order valence-corrected chi connectivity index (χ2v) is 10.4. The van der Waals surface area contributed by atoms with Crippen molar-refractivity contribution in [2.45, 2.75) is 37.1 Å². The predicted molar refractivity (Wildman–Crippen MR) is 121 cm³/mol. The molecule has 172 valence electrons. The summed E-state index contributed by atoms with van der Waals surface area (Å²) >= 11 is 0. The van der Waals surface area contributed by atoms with Gasteiger partial charge in [0.05, 0.1) is 32.8 Å². The summed E-state index contributed by atoms with van der Waals surface area (Å²) in [7, 11) is -2.29. The highest BCUT2D eigenvalue weighted by Crippen LogP contribution is 2.41. The maximum absolute atomic E-state index is 13.2. The summed E-state index contributed by atoms with van der Waals surface area (Å²) in [6.07, 6.45) is 2.30. The average Bonchev–Trinajstić information content (AvgIpc) is 3.64. The molecule has 1 aliphatic carbocycles. The lowest BCUT2D eigenvalue weighted by atomic mass is 10.0. The van der Waals surface area contributed by atoms with Crippen LogP contribution in [0.15, 0.2) is 47.4 Å². The molecule has 0 bridgehead atoms. The fraction of sp³-hybridized carbons (Fsp3) is 0.458. The Balaban J connectivity index is 1.51. The lowest BCUT2D eigenvalue weighted by Crippen LogP contribution is -2.40. The average molecular weight is 459 g/mol. The molecule has 8 heteroatoms. The van der Waals surface area contributed by atoms with Crippen molar-refractivity contribution in [1.29, 1.82) is 0 Å². The Bertz CT molecular complexity index is 1060. The molecule has 1 heterocycles. The van der Waals surface area contributed by atoms with Crippen LogP contribution in [0.3, 0.4) is 0 Å². The molecule has 2 fully saturated rings. The highest BCUT2D eigenvalue weighted by molar-refractivity contribution is 7.89. The SMILES string of the molecule is COc1ccc(CC(=O)NC(c2ccc(C)cc2)C2CC2)cc1S(=O)(=O)N1CCOCC1. The zero-order valence-corrected chi connectivity index (χ0v) is 19.4. The van der Waals surface area contributed by atoms with Gasteiger partial charge in [0.2, 0.25) is 15.9 Å². The van der Waals surface area contributed by atoms with Crippen LogP contribution in [-0.2, 0) is 26.0 Å². The third-order valence-corrected chi connectivity index (χ3v) is 7.95. The minimum atomic E-state index is -3.74. The van der Waals surface area contributed by atoms with Crippen molar-refractivity contribution in [2.75, 3.05) is 33.4 Å². The number of benzene rings is 2. The highest BCUT2D eigenvalue weighted by atomic mass is 32.2. The summed E-state index contributed by atoms with van der Waals surface area (Å²) in [5, 5.41) is 3.17. The fourth-order valence-electron chi connectivity index (χ4n) is 4.05. The minimum Gasteiger partial charge on any atom is -0.495 e. The van der Waals surface area contributed by atoms with E-state index in [1.54, 1.807) is 18.2 Å². The number of sulfonamides is 1. The second kappa shape index (κ2) is 9.60. The van der Waals surface area contributed by atoms with Crippen LogP contribution < -0.4 is 10.1 Å². The van der Waals surface area contributed by atoms with Gasteiger partial charge in [-0.15, -0.1) is 0 Å². The Morgan fingerprint density at radius 1 is 1.16 bits per heavy atom. The second-order valence-electron chi connectivity index (χ2n) is 8.47. The molecule has 1 saturated carbocycles. The molecule has 4 rings (SSSR count). The Labute approximate surface area is 189 Å². The lowest BCUT2D eigenvalue weighted by Gasteiger charge is -2.27. The monoisotopic (exact) mass is 458 g/mol. The number of morpholine rings is 1. The van der Waals surface area contributed by atoms with Crippen molar-refractivity contribution in [1.82, 2.24) is 9.62 Å². The number of methoxy groups -OCH3 is 1. The summed E-state index contributed by atoms with van der Waals surface area (Å²) < 4.78 is 38.4. The molecule has 0 spiro atoms. The molecule has 0 radical (unpaired) electrons. The first-order chi connectivity index (χ1) is 15.4. The molecule has 1 unspecified atom stereocenters. The fourth-order valence-corrected chi connectivity index (χ4v) is 5.66. The van der Waals surface area contributed by atoms with Crippen molar-refractivity contribution in [3.8, 4) is 5.75 Å². The zero-order chi connectivity index (χ0) is 22.7. The number of nitrogens with zero attached hydrogens (tertiary/aromatic N) is 1. The summed E-state index contributed by atoms with van der Waals surface area (Å²) in [4.78, 5) is 13.0. The maximum Gasteiger partial charge on any atom is 0.246 e. The van der Waals surface area contributed by atoms with Crippen molar-refractivity contribution in [2.24, 2.45) is 5.92 Å². The van der Waals surface area contributed by atoms with E-state index in [1.165, 1.54) is 17.0 Å². The van der Waals surface area contributed by atoms with Crippen LogP contribution in [0.4, 0.5) is 0 Å². The summed E-state index contributed by atoms with van der Waals surface area (Å²) in [6.45, 7) is 3.38. The van der Waals surface area contributed by atoms with Gasteiger partial charge < -0.3 is 14.8 Å². The zero-order valence-electron chi connectivity index (χ0n) is 18.5. The number of nitrogens with one attached hydrogen (secondary N) is 1. The first-order valence-electron chi connectivity index (χ1n) is 11.0. The normalized spacial score (nSPS) is 18.2. The Hall–Kier alpha value is -2.42. The molecule has 2 aromatic carbocycles. The summed E-state index contributed by atoms with van der Waals surface area (Å²) in [6, 6.07) is 13.2. The van der Waals surface area contributed by atoms with Gasteiger partial charge in [-0.3, -0.25) is 4.79 Å². The molecule has 1 atom stereocenters. The molecular weight excluding hydrogens is 428 g/mol. The van der Waals surface area contributed by atoms with Gasteiger partial charge in [-0.25, -0.2) is 8.42 Å². The van der Waals surface area contributed by atoms with E-state index in [9.17, 15) is 13.2 Å². The third-order valence-electron chi connectivity index (χ3n) is 6.03. The van der Waals surface area contributed by atoms with Gasteiger partial charge in [-0.05, 0) is 48.9 Å². The van der Waals surface area contributed by atoms with Gasteiger partial charge in [-0.1, -0.05) is 35.9 Å². The molecular formula is C24H30N2O5S. The van der Waals surface area contributed by atoms with E-state index in [0.29, 0.717) is 37.8 Å². The molecule has 7 nitrogen and oxygen atoms in total. The van der Waals surface area contributed by atoms with Crippen molar-refractivity contribution < 1.29 is 22.7 Å². The number of ether oxygens (including phenoxy) is 2. The van der Waals surface area contributed by atoms with Gasteiger partial charge in [-0.2, -0.15) is 4.31 Å². The van der Waals surface area contributed by atoms with Crippen molar-refractivity contribution in [3.05, 3.63) is 59.2 Å². The number of carbonyl (C=O) groups excluding carboxylic acids is 1. The molecule has 0 aromatic heterocycles. The summed E-state index contributed by atoms with van der Waals surface area (Å²) in [5.41, 5.74) is 2.92. The predicted octanol–water partition coefficient (Wildman–Crippen LogP) is 2.83. The lowest BCUT2D eigenvalue weighted by molar-refractivity contribution is -0.121. The van der Waals surface area contributed by atoms with Crippen molar-refractivity contribution >= 4 is 15.9 Å². The van der Waals surface area contributed by atoms with Crippen LogP contribution in [0.2, 0.25) is 0 Å². The van der Waals surface area contributed by atoms with Gasteiger partial charge in [0.1, 0.15) is 10.6 Å². The van der Waals surface area contributed by atoms with E-state index in [-0.39, 0.29) is 29.0 Å². The molecule has 2 aliphatic rings.